The lowest BCUT2D eigenvalue weighted by molar-refractivity contribution is 0.581. The zero-order valence-electron chi connectivity index (χ0n) is 10.8. The van der Waals surface area contributed by atoms with Crippen LogP contribution in [0.1, 0.15) is 11.1 Å². The Hall–Kier alpha value is -1.44. The second-order valence-corrected chi connectivity index (χ2v) is 7.00. The van der Waals surface area contributed by atoms with E-state index in [1.807, 2.05) is 31.2 Å². The predicted molar refractivity (Wildman–Crippen MR) is 81.6 cm³/mol. The molecule has 0 saturated heterocycles. The number of pyridine rings is 1. The fourth-order valence-corrected chi connectivity index (χ4v) is 3.33. The average molecular weight is 356 g/mol. The van der Waals surface area contributed by atoms with E-state index in [1.54, 1.807) is 0 Å². The molecule has 0 fully saturated rings. The number of hydrogen-bond acceptors (Lipinski definition) is 4. The topological polar surface area (TPSA) is 85.1 Å². The van der Waals surface area contributed by atoms with Crippen molar-refractivity contribution in [3.63, 3.8) is 0 Å². The van der Waals surface area contributed by atoms with Gasteiger partial charge < -0.3 is 5.73 Å². The van der Waals surface area contributed by atoms with Crippen LogP contribution >= 0.6 is 15.9 Å². The van der Waals surface area contributed by atoms with Crippen LogP contribution in [-0.2, 0) is 16.6 Å². The van der Waals surface area contributed by atoms with Crippen LogP contribution < -0.4 is 10.5 Å². The Kier molecular flexibility index (Phi) is 4.42. The van der Waals surface area contributed by atoms with E-state index in [-0.39, 0.29) is 17.3 Å². The van der Waals surface area contributed by atoms with Crippen LogP contribution in [0.15, 0.2) is 45.9 Å². The smallest absolute Gasteiger partial charge is 0.244 e. The summed E-state index contributed by atoms with van der Waals surface area (Å²) in [5.74, 6) is -0.0232. The van der Waals surface area contributed by atoms with Crippen molar-refractivity contribution in [2.24, 2.45) is 0 Å². The largest absolute Gasteiger partial charge is 0.383 e. The molecule has 7 heteroatoms. The van der Waals surface area contributed by atoms with E-state index < -0.39 is 10.0 Å². The zero-order chi connectivity index (χ0) is 14.8. The summed E-state index contributed by atoms with van der Waals surface area (Å²) in [4.78, 5) is 3.80. The van der Waals surface area contributed by atoms with Gasteiger partial charge in [0.2, 0.25) is 10.0 Å². The number of halogens is 1. The van der Waals surface area contributed by atoms with Crippen molar-refractivity contribution in [1.82, 2.24) is 9.71 Å². The number of nitrogen functional groups attached to an aromatic ring is 1. The van der Waals surface area contributed by atoms with Gasteiger partial charge in [-0.15, -0.1) is 0 Å². The molecule has 0 saturated carbocycles. The molecule has 0 spiro atoms. The minimum Gasteiger partial charge on any atom is -0.383 e. The van der Waals surface area contributed by atoms with Crippen molar-refractivity contribution in [3.8, 4) is 0 Å². The number of anilines is 1. The number of rotatable bonds is 4. The molecule has 0 radical (unpaired) electrons. The molecule has 0 atom stereocenters. The first-order valence-corrected chi connectivity index (χ1v) is 8.12. The normalized spacial score (nSPS) is 11.5. The lowest BCUT2D eigenvalue weighted by Crippen LogP contribution is -2.24. The highest BCUT2D eigenvalue weighted by Crippen LogP contribution is 2.20. The van der Waals surface area contributed by atoms with Crippen LogP contribution in [0.3, 0.4) is 0 Å². The minimum atomic E-state index is -3.69. The molecule has 1 heterocycles. The third-order valence-corrected chi connectivity index (χ3v) is 4.55. The van der Waals surface area contributed by atoms with Crippen LogP contribution in [0.2, 0.25) is 0 Å². The Bertz CT molecular complexity index is 732. The molecular weight excluding hydrogens is 342 g/mol. The van der Waals surface area contributed by atoms with Crippen LogP contribution in [-0.4, -0.2) is 13.4 Å². The summed E-state index contributed by atoms with van der Waals surface area (Å²) < 4.78 is 27.5. The van der Waals surface area contributed by atoms with E-state index in [0.717, 1.165) is 11.1 Å². The number of nitrogens with one attached hydrogen (secondary N) is 1. The van der Waals surface area contributed by atoms with E-state index in [1.165, 1.54) is 12.3 Å². The van der Waals surface area contributed by atoms with Gasteiger partial charge in [0.1, 0.15) is 10.7 Å². The maximum atomic E-state index is 12.2. The molecule has 0 amide bonds. The van der Waals surface area contributed by atoms with E-state index in [0.29, 0.717) is 4.47 Å². The van der Waals surface area contributed by atoms with Crippen LogP contribution in [0.25, 0.3) is 0 Å². The highest BCUT2D eigenvalue weighted by molar-refractivity contribution is 9.10. The molecule has 0 aliphatic carbocycles. The van der Waals surface area contributed by atoms with Crippen molar-refractivity contribution in [1.29, 1.82) is 0 Å². The number of hydrogen-bond donors (Lipinski definition) is 2. The molecule has 2 aromatic rings. The highest BCUT2D eigenvalue weighted by atomic mass is 79.9. The fourth-order valence-electron chi connectivity index (χ4n) is 1.72. The molecule has 0 aliphatic heterocycles. The van der Waals surface area contributed by atoms with E-state index in [9.17, 15) is 8.42 Å². The predicted octanol–water partition coefficient (Wildman–Crippen LogP) is 2.21. The first-order valence-electron chi connectivity index (χ1n) is 5.85. The molecule has 106 valence electrons. The third-order valence-electron chi connectivity index (χ3n) is 2.69. The number of sulfonamides is 1. The Morgan fingerprint density at radius 1 is 1.35 bits per heavy atom. The Labute approximate surface area is 126 Å². The molecule has 0 unspecified atom stereocenters. The molecule has 1 aromatic carbocycles. The second-order valence-electron chi connectivity index (χ2n) is 4.35. The Morgan fingerprint density at radius 2 is 2.10 bits per heavy atom. The van der Waals surface area contributed by atoms with Gasteiger partial charge in [-0.1, -0.05) is 29.8 Å². The highest BCUT2D eigenvalue weighted by Gasteiger charge is 2.18. The van der Waals surface area contributed by atoms with Gasteiger partial charge in [0, 0.05) is 17.2 Å². The van der Waals surface area contributed by atoms with Gasteiger partial charge >= 0.3 is 0 Å². The van der Waals surface area contributed by atoms with Gasteiger partial charge in [-0.25, -0.2) is 18.1 Å². The van der Waals surface area contributed by atoms with Gasteiger partial charge in [0.05, 0.1) is 0 Å². The first-order chi connectivity index (χ1) is 9.38. The van der Waals surface area contributed by atoms with E-state index in [4.69, 9.17) is 5.73 Å². The van der Waals surface area contributed by atoms with Crippen molar-refractivity contribution in [2.75, 3.05) is 5.73 Å². The quantitative estimate of drug-likeness (QED) is 0.880. The van der Waals surface area contributed by atoms with Gasteiger partial charge in [0.15, 0.2) is 0 Å². The third kappa shape index (κ3) is 3.56. The number of benzene rings is 1. The number of nitrogens with zero attached hydrogens (tertiary/aromatic N) is 1. The Morgan fingerprint density at radius 3 is 2.80 bits per heavy atom. The van der Waals surface area contributed by atoms with Crippen molar-refractivity contribution < 1.29 is 8.42 Å². The molecule has 5 nitrogen and oxygen atoms in total. The van der Waals surface area contributed by atoms with Crippen molar-refractivity contribution in [2.45, 2.75) is 18.4 Å². The summed E-state index contributed by atoms with van der Waals surface area (Å²) in [6.45, 7) is 2.16. The van der Waals surface area contributed by atoms with Crippen molar-refractivity contribution >= 4 is 31.8 Å². The molecule has 20 heavy (non-hydrogen) atoms. The number of aromatic nitrogens is 1. The van der Waals surface area contributed by atoms with Crippen molar-refractivity contribution in [3.05, 3.63) is 52.1 Å². The summed E-state index contributed by atoms with van der Waals surface area (Å²) in [6, 6.07) is 9.05. The maximum absolute atomic E-state index is 12.2. The van der Waals surface area contributed by atoms with Crippen LogP contribution in [0.5, 0.6) is 0 Å². The average Bonchev–Trinajstić information content (AvgIpc) is 2.39. The van der Waals surface area contributed by atoms with E-state index in [2.05, 4.69) is 25.6 Å². The summed E-state index contributed by atoms with van der Waals surface area (Å²) in [5.41, 5.74) is 7.58. The van der Waals surface area contributed by atoms with E-state index >= 15 is 0 Å². The van der Waals surface area contributed by atoms with Gasteiger partial charge in [-0.3, -0.25) is 0 Å². The summed E-state index contributed by atoms with van der Waals surface area (Å²) in [7, 11) is -3.69. The zero-order valence-corrected chi connectivity index (χ0v) is 13.2. The van der Waals surface area contributed by atoms with Gasteiger partial charge in [-0.2, -0.15) is 0 Å². The molecular formula is C13H14BrN3O2S. The molecule has 2 rings (SSSR count). The lowest BCUT2D eigenvalue weighted by atomic mass is 10.1. The Balaban J connectivity index is 2.21. The summed E-state index contributed by atoms with van der Waals surface area (Å²) in [6.07, 6.45) is 1.45. The molecule has 1 aromatic heterocycles. The van der Waals surface area contributed by atoms with Crippen LogP contribution in [0.4, 0.5) is 5.82 Å². The second kappa shape index (κ2) is 5.90. The molecule has 3 N–H and O–H groups in total. The van der Waals surface area contributed by atoms with Gasteiger partial charge in [-0.05, 0) is 34.5 Å². The minimum absolute atomic E-state index is 0.0232. The van der Waals surface area contributed by atoms with Gasteiger partial charge in [0.25, 0.3) is 0 Å². The summed E-state index contributed by atoms with van der Waals surface area (Å²) in [5, 5.41) is 0. The number of nitrogens with two attached hydrogens (primary N) is 1. The monoisotopic (exact) mass is 355 g/mol. The number of aryl methyl sites for hydroxylation is 1. The standard InChI is InChI=1S/C13H14BrN3O2S/c1-9-3-2-4-10(5-9)7-17-20(18,19)12-6-11(14)8-16-13(12)15/h2-6,8,17H,7H2,1H3,(H2,15,16). The van der Waals surface area contributed by atoms with Crippen LogP contribution in [0, 0.1) is 6.92 Å². The fraction of sp³-hybridized carbons (Fsp3) is 0.154. The molecule has 0 bridgehead atoms. The SMILES string of the molecule is Cc1cccc(CNS(=O)(=O)c2cc(Br)cnc2N)c1. The summed E-state index contributed by atoms with van der Waals surface area (Å²) >= 11 is 3.18. The maximum Gasteiger partial charge on any atom is 0.244 e. The lowest BCUT2D eigenvalue weighted by Gasteiger charge is -2.09. The first kappa shape index (κ1) is 15.0. The molecule has 0 aliphatic rings.